The van der Waals surface area contributed by atoms with Gasteiger partial charge in [0.25, 0.3) is 0 Å². The van der Waals surface area contributed by atoms with Crippen LogP contribution in [0.5, 0.6) is 0 Å². The summed E-state index contributed by atoms with van der Waals surface area (Å²) in [6.07, 6.45) is -4.44. The fraction of sp³-hybridized carbons (Fsp3) is 0.364. The minimum atomic E-state index is -4.44. The number of rotatable bonds is 4. The van der Waals surface area contributed by atoms with Gasteiger partial charge in [-0.05, 0) is 24.6 Å². The predicted molar refractivity (Wildman–Crippen MR) is 57.9 cm³/mol. The van der Waals surface area contributed by atoms with Crippen molar-refractivity contribution >= 4 is 11.7 Å². The molecule has 100 valence electrons. The van der Waals surface area contributed by atoms with Crippen molar-refractivity contribution in [1.29, 1.82) is 0 Å². The summed E-state index contributed by atoms with van der Waals surface area (Å²) in [5.74, 6) is -0.776. The Hall–Kier alpha value is -1.76. The van der Waals surface area contributed by atoms with Crippen LogP contribution >= 0.6 is 0 Å². The van der Waals surface area contributed by atoms with Crippen molar-refractivity contribution < 1.29 is 27.4 Å². The number of anilines is 1. The van der Waals surface area contributed by atoms with E-state index < -0.39 is 25.5 Å². The molecule has 0 aliphatic heterocycles. The summed E-state index contributed by atoms with van der Waals surface area (Å²) in [5, 5.41) is 0. The first-order valence-corrected chi connectivity index (χ1v) is 4.97. The van der Waals surface area contributed by atoms with Crippen molar-refractivity contribution in [3.63, 3.8) is 0 Å². The Morgan fingerprint density at radius 1 is 1.39 bits per heavy atom. The highest BCUT2D eigenvalue weighted by atomic mass is 19.4. The third-order valence-electron chi connectivity index (χ3n) is 2.02. The van der Waals surface area contributed by atoms with E-state index in [1.165, 1.54) is 6.07 Å². The van der Waals surface area contributed by atoms with Gasteiger partial charge in [0.05, 0.1) is 5.56 Å². The maximum absolute atomic E-state index is 11.7. The van der Waals surface area contributed by atoms with Gasteiger partial charge in [-0.1, -0.05) is 6.07 Å². The highest BCUT2D eigenvalue weighted by Gasteiger charge is 2.27. The molecule has 4 nitrogen and oxygen atoms in total. The van der Waals surface area contributed by atoms with Gasteiger partial charge in [-0.2, -0.15) is 13.2 Å². The number of hydrogen-bond acceptors (Lipinski definition) is 4. The number of aryl methyl sites for hydroxylation is 1. The fourth-order valence-electron chi connectivity index (χ4n) is 1.19. The van der Waals surface area contributed by atoms with Gasteiger partial charge in [0.15, 0.2) is 6.79 Å². The molecule has 7 heteroatoms. The van der Waals surface area contributed by atoms with Gasteiger partial charge in [0.2, 0.25) is 0 Å². The van der Waals surface area contributed by atoms with Crippen LogP contribution in [-0.4, -0.2) is 25.5 Å². The maximum atomic E-state index is 11.7. The smallest absolute Gasteiger partial charge is 0.411 e. The number of nitrogens with two attached hydrogens (primary N) is 1. The summed E-state index contributed by atoms with van der Waals surface area (Å²) in [6.45, 7) is -0.560. The SMILES string of the molecule is Cc1ccc(N)cc1C(=O)OCOCC(F)(F)F. The second kappa shape index (κ2) is 5.72. The normalized spacial score (nSPS) is 11.3. The van der Waals surface area contributed by atoms with E-state index in [9.17, 15) is 18.0 Å². The average molecular weight is 263 g/mol. The van der Waals surface area contributed by atoms with Crippen molar-refractivity contribution in [1.82, 2.24) is 0 Å². The fourth-order valence-corrected chi connectivity index (χ4v) is 1.19. The van der Waals surface area contributed by atoms with E-state index in [-0.39, 0.29) is 5.56 Å². The lowest BCUT2D eigenvalue weighted by Crippen LogP contribution is -2.19. The third-order valence-corrected chi connectivity index (χ3v) is 2.02. The molecule has 1 aromatic carbocycles. The Bertz CT molecular complexity index is 432. The monoisotopic (exact) mass is 263 g/mol. The van der Waals surface area contributed by atoms with E-state index in [4.69, 9.17) is 5.73 Å². The quantitative estimate of drug-likeness (QED) is 0.392. The number of carbonyl (C=O) groups is 1. The number of alkyl halides is 3. The summed E-state index contributed by atoms with van der Waals surface area (Å²) in [6, 6.07) is 4.61. The topological polar surface area (TPSA) is 61.6 Å². The maximum Gasteiger partial charge on any atom is 0.411 e. The molecule has 0 heterocycles. The second-order valence-electron chi connectivity index (χ2n) is 3.59. The van der Waals surface area contributed by atoms with Crippen LogP contribution in [0.1, 0.15) is 15.9 Å². The minimum absolute atomic E-state index is 0.200. The molecule has 0 aliphatic carbocycles. The van der Waals surface area contributed by atoms with Crippen LogP contribution < -0.4 is 5.73 Å². The molecule has 2 N–H and O–H groups in total. The zero-order chi connectivity index (χ0) is 13.8. The van der Waals surface area contributed by atoms with E-state index in [1.54, 1.807) is 19.1 Å². The van der Waals surface area contributed by atoms with Crippen LogP contribution in [0.15, 0.2) is 18.2 Å². The van der Waals surface area contributed by atoms with Crippen LogP contribution in [-0.2, 0) is 9.47 Å². The summed E-state index contributed by atoms with van der Waals surface area (Å²) in [7, 11) is 0. The first-order chi connectivity index (χ1) is 8.29. The number of halogens is 3. The summed E-state index contributed by atoms with van der Waals surface area (Å²) in [4.78, 5) is 11.5. The largest absolute Gasteiger partial charge is 0.435 e. The highest BCUT2D eigenvalue weighted by Crippen LogP contribution is 2.15. The molecule has 0 saturated heterocycles. The first-order valence-electron chi connectivity index (χ1n) is 4.97. The lowest BCUT2D eigenvalue weighted by Gasteiger charge is -2.09. The lowest BCUT2D eigenvalue weighted by atomic mass is 10.1. The van der Waals surface area contributed by atoms with E-state index in [0.29, 0.717) is 11.3 Å². The van der Waals surface area contributed by atoms with E-state index in [1.807, 2.05) is 0 Å². The molecule has 0 atom stereocenters. The van der Waals surface area contributed by atoms with Crippen LogP contribution in [0.3, 0.4) is 0 Å². The molecule has 0 unspecified atom stereocenters. The molecule has 0 aromatic heterocycles. The first kappa shape index (κ1) is 14.3. The number of esters is 1. The van der Waals surface area contributed by atoms with Crippen molar-refractivity contribution in [2.24, 2.45) is 0 Å². The van der Waals surface area contributed by atoms with Gasteiger partial charge in [-0.15, -0.1) is 0 Å². The molecule has 18 heavy (non-hydrogen) atoms. The molecule has 1 aromatic rings. The van der Waals surface area contributed by atoms with Crippen LogP contribution in [0.4, 0.5) is 18.9 Å². The van der Waals surface area contributed by atoms with Gasteiger partial charge >= 0.3 is 12.1 Å². The Morgan fingerprint density at radius 3 is 2.67 bits per heavy atom. The highest BCUT2D eigenvalue weighted by molar-refractivity contribution is 5.92. The van der Waals surface area contributed by atoms with Crippen LogP contribution in [0, 0.1) is 6.92 Å². The molecular formula is C11H12F3NO3. The minimum Gasteiger partial charge on any atom is -0.435 e. The summed E-state index contributed by atoms with van der Waals surface area (Å²) in [5.41, 5.74) is 6.67. The molecule has 0 saturated carbocycles. The van der Waals surface area contributed by atoms with Crippen molar-refractivity contribution in [2.75, 3.05) is 19.1 Å². The number of nitrogen functional groups attached to an aromatic ring is 1. The number of carbonyl (C=O) groups excluding carboxylic acids is 1. The molecule has 1 rings (SSSR count). The Kier molecular flexibility index (Phi) is 4.55. The van der Waals surface area contributed by atoms with Gasteiger partial charge in [0, 0.05) is 5.69 Å². The number of ether oxygens (including phenoxy) is 2. The standard InChI is InChI=1S/C11H12F3NO3/c1-7-2-3-8(15)4-9(7)10(16)18-6-17-5-11(12,13)14/h2-4H,5-6,15H2,1H3. The van der Waals surface area contributed by atoms with Crippen LogP contribution in [0.25, 0.3) is 0 Å². The van der Waals surface area contributed by atoms with Gasteiger partial charge in [0.1, 0.15) is 6.61 Å². The van der Waals surface area contributed by atoms with Crippen LogP contribution in [0.2, 0.25) is 0 Å². The molecule has 0 fully saturated rings. The van der Waals surface area contributed by atoms with E-state index >= 15 is 0 Å². The molecule has 0 aliphatic rings. The van der Waals surface area contributed by atoms with Gasteiger partial charge < -0.3 is 15.2 Å². The molecule has 0 spiro atoms. The Balaban J connectivity index is 2.48. The summed E-state index contributed by atoms with van der Waals surface area (Å²) < 4.78 is 43.9. The van der Waals surface area contributed by atoms with Crippen molar-refractivity contribution in [3.8, 4) is 0 Å². The third kappa shape index (κ3) is 4.62. The van der Waals surface area contributed by atoms with Crippen molar-refractivity contribution in [2.45, 2.75) is 13.1 Å². The zero-order valence-corrected chi connectivity index (χ0v) is 9.58. The zero-order valence-electron chi connectivity index (χ0n) is 9.58. The molecule has 0 amide bonds. The van der Waals surface area contributed by atoms with Gasteiger partial charge in [-0.3, -0.25) is 0 Å². The van der Waals surface area contributed by atoms with Crippen molar-refractivity contribution in [3.05, 3.63) is 29.3 Å². The average Bonchev–Trinajstić information content (AvgIpc) is 2.26. The molecular weight excluding hydrogens is 251 g/mol. The van der Waals surface area contributed by atoms with E-state index in [2.05, 4.69) is 9.47 Å². The molecule has 0 radical (unpaired) electrons. The Morgan fingerprint density at radius 2 is 2.06 bits per heavy atom. The predicted octanol–water partition coefficient (Wildman–Crippen LogP) is 2.27. The second-order valence-corrected chi connectivity index (χ2v) is 3.59. The Labute approximate surface area is 101 Å². The summed E-state index contributed by atoms with van der Waals surface area (Å²) >= 11 is 0. The molecule has 0 bridgehead atoms. The number of benzene rings is 1. The lowest BCUT2D eigenvalue weighted by molar-refractivity contribution is -0.190. The van der Waals surface area contributed by atoms with Gasteiger partial charge in [-0.25, -0.2) is 4.79 Å². The van der Waals surface area contributed by atoms with E-state index in [0.717, 1.165) is 0 Å². The number of hydrogen-bond donors (Lipinski definition) is 1.